The van der Waals surface area contributed by atoms with Crippen LogP contribution in [0.15, 0.2) is 57.4 Å². The van der Waals surface area contributed by atoms with Crippen molar-refractivity contribution in [1.82, 2.24) is 5.32 Å². The highest BCUT2D eigenvalue weighted by Gasteiger charge is 2.22. The van der Waals surface area contributed by atoms with Gasteiger partial charge in [0.1, 0.15) is 17.1 Å². The van der Waals surface area contributed by atoms with E-state index < -0.39 is 23.3 Å². The van der Waals surface area contributed by atoms with E-state index in [0.29, 0.717) is 24.3 Å². The zero-order valence-corrected chi connectivity index (χ0v) is 20.1. The normalized spacial score (nSPS) is 12.8. The van der Waals surface area contributed by atoms with Crippen LogP contribution in [-0.2, 0) is 6.42 Å². The molecule has 0 bridgehead atoms. The van der Waals surface area contributed by atoms with E-state index >= 15 is 0 Å². The number of allylic oxidation sites excluding steroid dienone is 2. The Labute approximate surface area is 199 Å². The monoisotopic (exact) mass is 467 g/mol. The third-order valence-corrected chi connectivity index (χ3v) is 5.48. The molecule has 2 rings (SSSR count). The van der Waals surface area contributed by atoms with E-state index in [4.69, 9.17) is 9.52 Å². The van der Waals surface area contributed by atoms with E-state index in [1.54, 1.807) is 19.1 Å². The molecule has 7 nitrogen and oxygen atoms in total. The zero-order valence-electron chi connectivity index (χ0n) is 20.1. The fourth-order valence-corrected chi connectivity index (χ4v) is 3.40. The fraction of sp³-hybridized carbons (Fsp3) is 0.370. The van der Waals surface area contributed by atoms with Gasteiger partial charge in [-0.1, -0.05) is 51.1 Å². The Morgan fingerprint density at radius 2 is 1.79 bits per heavy atom. The van der Waals surface area contributed by atoms with Crippen LogP contribution in [0.3, 0.4) is 0 Å². The molecule has 182 valence electrons. The van der Waals surface area contributed by atoms with Crippen LogP contribution in [0.5, 0.6) is 5.75 Å². The molecule has 0 radical (unpaired) electrons. The fourth-order valence-electron chi connectivity index (χ4n) is 3.40. The number of ketones is 1. The first-order valence-corrected chi connectivity index (χ1v) is 11.4. The van der Waals surface area contributed by atoms with Crippen LogP contribution in [0.4, 0.5) is 4.79 Å². The molecular weight excluding hydrogens is 434 g/mol. The summed E-state index contributed by atoms with van der Waals surface area (Å²) in [6.07, 6.45) is 6.68. The van der Waals surface area contributed by atoms with E-state index in [0.717, 1.165) is 18.4 Å². The summed E-state index contributed by atoms with van der Waals surface area (Å²) >= 11 is 0. The molecule has 34 heavy (non-hydrogen) atoms. The van der Waals surface area contributed by atoms with Crippen molar-refractivity contribution < 1.29 is 24.2 Å². The van der Waals surface area contributed by atoms with Crippen molar-refractivity contribution in [3.8, 4) is 5.75 Å². The van der Waals surface area contributed by atoms with Crippen molar-refractivity contribution in [3.63, 3.8) is 0 Å². The summed E-state index contributed by atoms with van der Waals surface area (Å²) in [7, 11) is 0. The van der Waals surface area contributed by atoms with E-state index in [9.17, 15) is 19.5 Å². The lowest BCUT2D eigenvalue weighted by atomic mass is 9.98. The van der Waals surface area contributed by atoms with E-state index in [-0.39, 0.29) is 17.2 Å². The first-order chi connectivity index (χ1) is 16.1. The van der Waals surface area contributed by atoms with Crippen molar-refractivity contribution >= 4 is 18.0 Å². The van der Waals surface area contributed by atoms with Gasteiger partial charge in [-0.25, -0.2) is 9.59 Å². The smallest absolute Gasteiger partial charge is 0.408 e. The molecule has 0 spiro atoms. The van der Waals surface area contributed by atoms with Gasteiger partial charge < -0.3 is 14.6 Å². The van der Waals surface area contributed by atoms with E-state index in [2.05, 4.69) is 19.2 Å². The van der Waals surface area contributed by atoms with Gasteiger partial charge in [-0.2, -0.15) is 0 Å². The Hall–Kier alpha value is -3.61. The summed E-state index contributed by atoms with van der Waals surface area (Å²) in [5.41, 5.74) is 1.11. The second-order valence-electron chi connectivity index (χ2n) is 8.86. The van der Waals surface area contributed by atoms with Crippen LogP contribution < -0.4 is 10.9 Å². The minimum Gasteiger partial charge on any atom is -0.507 e. The highest BCUT2D eigenvalue weighted by Crippen LogP contribution is 2.26. The second-order valence-corrected chi connectivity index (χ2v) is 8.86. The maximum atomic E-state index is 12.9. The number of carbonyl (C=O) groups is 2. The number of rotatable bonds is 11. The molecule has 1 unspecified atom stereocenters. The summed E-state index contributed by atoms with van der Waals surface area (Å²) in [6, 6.07) is 9.22. The average Bonchev–Trinajstić information content (AvgIpc) is 2.77. The number of aryl methyl sites for hydroxylation is 1. The van der Waals surface area contributed by atoms with Crippen LogP contribution in [0.1, 0.15) is 80.1 Å². The van der Waals surface area contributed by atoms with Gasteiger partial charge in [-0.05, 0) is 61.3 Å². The number of amides is 1. The van der Waals surface area contributed by atoms with Gasteiger partial charge in [0, 0.05) is 18.2 Å². The molecule has 7 heteroatoms. The van der Waals surface area contributed by atoms with Crippen LogP contribution in [0.25, 0.3) is 6.08 Å². The minimum atomic E-state index is -1.15. The summed E-state index contributed by atoms with van der Waals surface area (Å²) in [5, 5.41) is 21.1. The van der Waals surface area contributed by atoms with Gasteiger partial charge >= 0.3 is 11.7 Å². The highest BCUT2D eigenvalue weighted by molar-refractivity contribution is 6.12. The number of hydrogen-bond donors (Lipinski definition) is 3. The van der Waals surface area contributed by atoms with Crippen molar-refractivity contribution in [3.05, 3.63) is 81.1 Å². The summed E-state index contributed by atoms with van der Waals surface area (Å²) < 4.78 is 5.33. The van der Waals surface area contributed by atoms with Crippen molar-refractivity contribution in [1.29, 1.82) is 0 Å². The Bertz CT molecular complexity index is 1110. The Balaban J connectivity index is 2.11. The summed E-state index contributed by atoms with van der Waals surface area (Å²) in [6.45, 7) is 7.78. The van der Waals surface area contributed by atoms with Crippen LogP contribution in [0.2, 0.25) is 0 Å². The Morgan fingerprint density at radius 3 is 2.38 bits per heavy atom. The van der Waals surface area contributed by atoms with Gasteiger partial charge in [0.25, 0.3) is 0 Å². The average molecular weight is 468 g/mol. The maximum Gasteiger partial charge on any atom is 0.408 e. The molecule has 1 aromatic carbocycles. The van der Waals surface area contributed by atoms with Gasteiger partial charge in [-0.15, -0.1) is 0 Å². The number of hydrogen-bond acceptors (Lipinski definition) is 5. The van der Waals surface area contributed by atoms with Gasteiger partial charge in [0.05, 0.1) is 0 Å². The first kappa shape index (κ1) is 26.6. The molecule has 1 aromatic heterocycles. The topological polar surface area (TPSA) is 117 Å². The zero-order chi connectivity index (χ0) is 25.3. The standard InChI is InChI=1S/C27H33NO6/c1-17(2)8-9-20-10-12-21(13-11-20)15-19(4)25(30)24-22(29)16-23(34-26(24)31)18(3)7-5-6-14-28-27(32)33/h6,10-18,28-29H,5,7-9H2,1-4H3,(H,32,33)/b14-6?,19-15+. The summed E-state index contributed by atoms with van der Waals surface area (Å²) in [4.78, 5) is 35.8. The molecule has 0 aliphatic carbocycles. The van der Waals surface area contributed by atoms with Crippen molar-refractivity contribution in [2.24, 2.45) is 5.92 Å². The van der Waals surface area contributed by atoms with Crippen molar-refractivity contribution in [2.75, 3.05) is 0 Å². The molecule has 1 atom stereocenters. The third kappa shape index (κ3) is 8.06. The van der Waals surface area contributed by atoms with Gasteiger partial charge in [0.2, 0.25) is 0 Å². The van der Waals surface area contributed by atoms with Crippen molar-refractivity contribution in [2.45, 2.75) is 59.3 Å². The number of benzene rings is 1. The molecule has 0 aliphatic rings. The number of Topliss-reactive ketones (excluding diaryl/α,β-unsaturated/α-hetero) is 1. The lowest BCUT2D eigenvalue weighted by molar-refractivity contribution is 0.102. The van der Waals surface area contributed by atoms with E-state index in [1.165, 1.54) is 17.8 Å². The number of carbonyl (C=O) groups excluding carboxylic acids is 1. The number of nitrogens with one attached hydrogen (secondary N) is 1. The molecule has 1 amide bonds. The molecule has 2 aromatic rings. The summed E-state index contributed by atoms with van der Waals surface area (Å²) in [5.74, 6) is -0.327. The minimum absolute atomic E-state index is 0.219. The third-order valence-electron chi connectivity index (χ3n) is 5.48. The highest BCUT2D eigenvalue weighted by atomic mass is 16.4. The SMILES string of the molecule is C/C(=C\c1ccc(CCC(C)C)cc1)C(=O)c1c(O)cc(C(C)CCC=CNC(=O)O)oc1=O. The first-order valence-electron chi connectivity index (χ1n) is 11.4. The van der Waals surface area contributed by atoms with Gasteiger partial charge in [-0.3, -0.25) is 10.1 Å². The molecule has 0 saturated carbocycles. The van der Waals surface area contributed by atoms with Crippen LogP contribution in [0, 0.1) is 5.92 Å². The molecule has 0 aliphatic heterocycles. The molecule has 1 heterocycles. The van der Waals surface area contributed by atoms with Crippen LogP contribution >= 0.6 is 0 Å². The predicted molar refractivity (Wildman–Crippen MR) is 132 cm³/mol. The van der Waals surface area contributed by atoms with Crippen LogP contribution in [-0.4, -0.2) is 22.1 Å². The molecular formula is C27H33NO6. The molecule has 0 fully saturated rings. The maximum absolute atomic E-state index is 12.9. The second kappa shape index (κ2) is 12.6. The number of carboxylic acid groups (broad SMARTS) is 1. The molecule has 0 saturated heterocycles. The quantitative estimate of drug-likeness (QED) is 0.280. The lowest BCUT2D eigenvalue weighted by Crippen LogP contribution is -2.16. The Morgan fingerprint density at radius 1 is 1.12 bits per heavy atom. The largest absolute Gasteiger partial charge is 0.507 e. The van der Waals surface area contributed by atoms with E-state index in [1.807, 2.05) is 31.2 Å². The van der Waals surface area contributed by atoms with Gasteiger partial charge in [0.15, 0.2) is 5.78 Å². The predicted octanol–water partition coefficient (Wildman–Crippen LogP) is 5.89. The lowest BCUT2D eigenvalue weighted by Gasteiger charge is -2.11. The number of aromatic hydroxyl groups is 1. The Kier molecular flexibility index (Phi) is 9.86. The molecule has 3 N–H and O–H groups in total.